The Kier molecular flexibility index (Phi) is 6.17. The van der Waals surface area contributed by atoms with Crippen molar-refractivity contribution in [3.63, 3.8) is 0 Å². The van der Waals surface area contributed by atoms with E-state index in [-0.39, 0.29) is 10.8 Å². The van der Waals surface area contributed by atoms with E-state index >= 15 is 0 Å². The Morgan fingerprint density at radius 2 is 1.82 bits per heavy atom. The van der Waals surface area contributed by atoms with E-state index in [1.54, 1.807) is 35.0 Å². The zero-order valence-corrected chi connectivity index (χ0v) is 13.0. The summed E-state index contributed by atoms with van der Waals surface area (Å²) in [6.07, 6.45) is 3.54. The Morgan fingerprint density at radius 3 is 2.27 bits per heavy atom. The number of aromatic nitrogens is 1. The van der Waals surface area contributed by atoms with Crippen LogP contribution in [-0.2, 0) is 17.2 Å². The Balaban J connectivity index is 0.000000220. The van der Waals surface area contributed by atoms with Gasteiger partial charge in [0, 0.05) is 6.07 Å². The second kappa shape index (κ2) is 7.64. The third-order valence-electron chi connectivity index (χ3n) is 2.64. The molecule has 0 radical (unpaired) electrons. The van der Waals surface area contributed by atoms with Gasteiger partial charge < -0.3 is 4.55 Å². The van der Waals surface area contributed by atoms with E-state index in [1.807, 2.05) is 20.2 Å². The number of carbonyl (C=O) groups excluding carboxylic acids is 1. The van der Waals surface area contributed by atoms with E-state index in [0.717, 1.165) is 5.56 Å². The fourth-order valence-electron chi connectivity index (χ4n) is 1.51. The predicted octanol–water partition coefficient (Wildman–Crippen LogP) is 0.0137. The number of hydrogen-bond donors (Lipinski definition) is 2. The molecule has 1 aromatic heterocycles. The van der Waals surface area contributed by atoms with Gasteiger partial charge in [-0.3, -0.25) is 10.2 Å². The van der Waals surface area contributed by atoms with Gasteiger partial charge in [-0.2, -0.15) is 0 Å². The molecule has 2 rings (SSSR count). The van der Waals surface area contributed by atoms with Gasteiger partial charge in [-0.1, -0.05) is 17.7 Å². The topological polar surface area (TPSA) is 116 Å². The van der Waals surface area contributed by atoms with Gasteiger partial charge in [-0.05, 0) is 25.1 Å². The van der Waals surface area contributed by atoms with Crippen molar-refractivity contribution in [2.45, 2.75) is 11.8 Å². The van der Waals surface area contributed by atoms with Crippen LogP contribution >= 0.6 is 0 Å². The van der Waals surface area contributed by atoms with Gasteiger partial charge >= 0.3 is 0 Å². The number of aryl methyl sites for hydroxylation is 2. The van der Waals surface area contributed by atoms with E-state index in [2.05, 4.69) is 5.43 Å². The van der Waals surface area contributed by atoms with Crippen LogP contribution in [0.2, 0.25) is 0 Å². The molecule has 0 aliphatic rings. The molecule has 2 aromatic rings. The molecule has 7 nitrogen and oxygen atoms in total. The highest BCUT2D eigenvalue weighted by Crippen LogP contribution is 2.08. The van der Waals surface area contributed by atoms with Crippen LogP contribution in [-0.4, -0.2) is 18.9 Å². The summed E-state index contributed by atoms with van der Waals surface area (Å²) in [7, 11) is -2.43. The minimum Gasteiger partial charge on any atom is -0.744 e. The molecular formula is C14H17N3O4S. The molecule has 1 amide bonds. The molecule has 118 valence electrons. The third-order valence-corrected chi connectivity index (χ3v) is 3.49. The number of hydrazine groups is 1. The number of amides is 1. The van der Waals surface area contributed by atoms with Crippen molar-refractivity contribution in [2.24, 2.45) is 12.9 Å². The zero-order chi connectivity index (χ0) is 16.8. The molecular weight excluding hydrogens is 306 g/mol. The summed E-state index contributed by atoms with van der Waals surface area (Å²) in [5.74, 6) is 4.67. The van der Waals surface area contributed by atoms with Crippen LogP contribution in [0, 0.1) is 6.92 Å². The summed E-state index contributed by atoms with van der Waals surface area (Å²) >= 11 is 0. The number of pyridine rings is 1. The molecule has 1 aromatic carbocycles. The standard InChI is InChI=1S/C7H9N3O.C7H8O3S/c1-10-4-2-3-6(5-10)7(11)9-8;1-6-2-4-7(5-3-6)11(8,9)10/h2-5H,8H2,1H3;2-5H,1H3,(H,8,9,10). The molecule has 0 unspecified atom stereocenters. The van der Waals surface area contributed by atoms with E-state index in [9.17, 15) is 17.8 Å². The second-order valence-corrected chi connectivity index (χ2v) is 5.88. The minimum atomic E-state index is -4.27. The van der Waals surface area contributed by atoms with E-state index < -0.39 is 10.1 Å². The Morgan fingerprint density at radius 1 is 1.23 bits per heavy atom. The molecule has 8 heteroatoms. The van der Waals surface area contributed by atoms with Crippen LogP contribution in [0.4, 0.5) is 0 Å². The summed E-state index contributed by atoms with van der Waals surface area (Å²) in [5, 5.41) is 0. The average Bonchev–Trinajstić information content (AvgIpc) is 2.46. The number of carbonyl (C=O) groups is 1. The van der Waals surface area contributed by atoms with Crippen molar-refractivity contribution in [1.29, 1.82) is 0 Å². The number of nitrogens with zero attached hydrogens (tertiary/aromatic N) is 1. The van der Waals surface area contributed by atoms with Gasteiger partial charge in [0.05, 0.1) is 4.90 Å². The highest BCUT2D eigenvalue weighted by Gasteiger charge is 2.05. The predicted molar refractivity (Wildman–Crippen MR) is 78.4 cm³/mol. The number of rotatable bonds is 2. The Hall–Kier alpha value is -2.29. The first kappa shape index (κ1) is 17.8. The molecule has 1 heterocycles. The first-order valence-corrected chi connectivity index (χ1v) is 7.63. The molecule has 0 aliphatic heterocycles. The van der Waals surface area contributed by atoms with Crippen molar-refractivity contribution in [3.05, 3.63) is 59.9 Å². The SMILES string of the molecule is C[n+]1cccc(C(=O)NN)c1.Cc1ccc(S(=O)(=O)[O-])cc1. The third kappa shape index (κ3) is 5.60. The minimum absolute atomic E-state index is 0.178. The summed E-state index contributed by atoms with van der Waals surface area (Å²) < 4.78 is 32.9. The van der Waals surface area contributed by atoms with Crippen LogP contribution in [0.3, 0.4) is 0 Å². The van der Waals surface area contributed by atoms with E-state index in [1.165, 1.54) is 12.1 Å². The summed E-state index contributed by atoms with van der Waals surface area (Å²) in [6, 6.07) is 9.26. The van der Waals surface area contributed by atoms with Crippen LogP contribution in [0.5, 0.6) is 0 Å². The summed E-state index contributed by atoms with van der Waals surface area (Å²) in [5.41, 5.74) is 3.54. The molecule has 0 atom stereocenters. The summed E-state index contributed by atoms with van der Waals surface area (Å²) in [4.78, 5) is 10.7. The van der Waals surface area contributed by atoms with Crippen LogP contribution in [0.1, 0.15) is 15.9 Å². The average molecular weight is 323 g/mol. The zero-order valence-electron chi connectivity index (χ0n) is 12.2. The van der Waals surface area contributed by atoms with Gasteiger partial charge in [-0.15, -0.1) is 0 Å². The normalized spacial score (nSPS) is 10.4. The highest BCUT2D eigenvalue weighted by molar-refractivity contribution is 7.85. The van der Waals surface area contributed by atoms with Gasteiger partial charge in [0.15, 0.2) is 12.4 Å². The highest BCUT2D eigenvalue weighted by atomic mass is 32.2. The molecule has 0 bridgehead atoms. The van der Waals surface area contributed by atoms with Gasteiger partial charge in [0.1, 0.15) is 22.7 Å². The first-order valence-electron chi connectivity index (χ1n) is 6.23. The number of nitrogen functional groups attached to an aromatic ring is 1. The molecule has 22 heavy (non-hydrogen) atoms. The van der Waals surface area contributed by atoms with E-state index in [4.69, 9.17) is 5.84 Å². The maximum atomic E-state index is 10.9. The number of nitrogens with two attached hydrogens (primary N) is 1. The maximum absolute atomic E-state index is 10.9. The molecule has 0 saturated carbocycles. The lowest BCUT2D eigenvalue weighted by Crippen LogP contribution is -2.34. The molecule has 0 aliphatic carbocycles. The monoisotopic (exact) mass is 323 g/mol. The van der Waals surface area contributed by atoms with Gasteiger partial charge in [0.25, 0.3) is 5.91 Å². The van der Waals surface area contributed by atoms with Crippen molar-refractivity contribution in [2.75, 3.05) is 0 Å². The number of nitrogens with one attached hydrogen (secondary N) is 1. The number of hydrogen-bond acceptors (Lipinski definition) is 5. The molecule has 3 N–H and O–H groups in total. The fraction of sp³-hybridized carbons (Fsp3) is 0.143. The van der Waals surface area contributed by atoms with Gasteiger partial charge in [-0.25, -0.2) is 18.8 Å². The molecule has 0 spiro atoms. The largest absolute Gasteiger partial charge is 0.744 e. The maximum Gasteiger partial charge on any atom is 0.271 e. The van der Waals surface area contributed by atoms with E-state index in [0.29, 0.717) is 5.56 Å². The Bertz CT molecular complexity index is 743. The first-order chi connectivity index (χ1) is 10.2. The molecule has 0 saturated heterocycles. The smallest absolute Gasteiger partial charge is 0.271 e. The van der Waals surface area contributed by atoms with Crippen LogP contribution in [0.15, 0.2) is 53.7 Å². The van der Waals surface area contributed by atoms with Crippen molar-refractivity contribution in [3.8, 4) is 0 Å². The summed E-state index contributed by atoms with van der Waals surface area (Å²) in [6.45, 7) is 1.82. The van der Waals surface area contributed by atoms with Gasteiger partial charge in [0.2, 0.25) is 0 Å². The van der Waals surface area contributed by atoms with Crippen molar-refractivity contribution in [1.82, 2.24) is 5.43 Å². The Labute approximate surface area is 129 Å². The lowest BCUT2D eigenvalue weighted by atomic mass is 10.2. The van der Waals surface area contributed by atoms with Crippen molar-refractivity contribution >= 4 is 16.0 Å². The molecule has 0 fully saturated rings. The fourth-order valence-corrected chi connectivity index (χ4v) is 1.98. The second-order valence-electron chi connectivity index (χ2n) is 4.50. The number of benzene rings is 1. The van der Waals surface area contributed by atoms with Crippen LogP contribution < -0.4 is 15.8 Å². The lowest BCUT2D eigenvalue weighted by molar-refractivity contribution is -0.671. The quantitative estimate of drug-likeness (QED) is 0.265. The van der Waals surface area contributed by atoms with Crippen LogP contribution in [0.25, 0.3) is 0 Å². The lowest BCUT2D eigenvalue weighted by Gasteiger charge is -2.05. The van der Waals surface area contributed by atoms with Crippen molar-refractivity contribution < 1.29 is 22.3 Å².